The summed E-state index contributed by atoms with van der Waals surface area (Å²) >= 11 is 0. The molecule has 2 N–H and O–H groups in total. The van der Waals surface area contributed by atoms with Gasteiger partial charge in [0.1, 0.15) is 0 Å². The van der Waals surface area contributed by atoms with Crippen LogP contribution >= 0.6 is 24.0 Å². The maximum Gasteiger partial charge on any atom is 0.191 e. The third-order valence-corrected chi connectivity index (χ3v) is 3.97. The van der Waals surface area contributed by atoms with E-state index in [1.165, 1.54) is 12.8 Å². The number of hydrogen-bond donors (Lipinski definition) is 1. The third-order valence-electron chi connectivity index (χ3n) is 3.97. The maximum atomic E-state index is 6.01. The van der Waals surface area contributed by atoms with Gasteiger partial charge in [0, 0.05) is 26.7 Å². The SMILES string of the molecule is COC1CCC(CN=C(N)N2CCOCC2)CC1.I. The Bertz CT molecular complexity index is 275. The summed E-state index contributed by atoms with van der Waals surface area (Å²) in [5, 5.41) is 0. The summed E-state index contributed by atoms with van der Waals surface area (Å²) in [7, 11) is 1.81. The van der Waals surface area contributed by atoms with Crippen molar-refractivity contribution in [3.05, 3.63) is 0 Å². The minimum Gasteiger partial charge on any atom is -0.381 e. The molecule has 1 heterocycles. The first-order valence-electron chi connectivity index (χ1n) is 6.95. The average Bonchev–Trinajstić information content (AvgIpc) is 2.46. The second-order valence-corrected chi connectivity index (χ2v) is 5.18. The van der Waals surface area contributed by atoms with E-state index in [1.54, 1.807) is 7.11 Å². The van der Waals surface area contributed by atoms with Gasteiger partial charge in [-0.1, -0.05) is 0 Å². The van der Waals surface area contributed by atoms with Gasteiger partial charge in [-0.05, 0) is 31.6 Å². The lowest BCUT2D eigenvalue weighted by Gasteiger charge is -2.29. The second kappa shape index (κ2) is 8.97. The minimum absolute atomic E-state index is 0. The van der Waals surface area contributed by atoms with E-state index in [1.807, 2.05) is 0 Å². The number of hydrogen-bond acceptors (Lipinski definition) is 3. The molecular weight excluding hydrogens is 357 g/mol. The number of guanidine groups is 1. The minimum atomic E-state index is 0. The van der Waals surface area contributed by atoms with Crippen LogP contribution < -0.4 is 5.73 Å². The Kier molecular flexibility index (Phi) is 8.01. The van der Waals surface area contributed by atoms with Crippen LogP contribution in [0.4, 0.5) is 0 Å². The molecule has 112 valence electrons. The molecule has 1 aliphatic carbocycles. The molecular formula is C13H26IN3O2. The van der Waals surface area contributed by atoms with Crippen molar-refractivity contribution in [1.82, 2.24) is 4.90 Å². The Labute approximate surface area is 132 Å². The Morgan fingerprint density at radius 3 is 2.47 bits per heavy atom. The van der Waals surface area contributed by atoms with E-state index in [2.05, 4.69) is 9.89 Å². The molecule has 0 bridgehead atoms. The molecule has 0 atom stereocenters. The molecule has 2 aliphatic rings. The van der Waals surface area contributed by atoms with Gasteiger partial charge in [-0.15, -0.1) is 24.0 Å². The fraction of sp³-hybridized carbons (Fsp3) is 0.923. The number of halogens is 1. The molecule has 5 nitrogen and oxygen atoms in total. The van der Waals surface area contributed by atoms with E-state index in [0.29, 0.717) is 18.0 Å². The predicted molar refractivity (Wildman–Crippen MR) is 87.1 cm³/mol. The van der Waals surface area contributed by atoms with Crippen molar-refractivity contribution in [2.45, 2.75) is 31.8 Å². The lowest BCUT2D eigenvalue weighted by molar-refractivity contribution is 0.0576. The molecule has 0 aromatic rings. The van der Waals surface area contributed by atoms with Gasteiger partial charge in [0.25, 0.3) is 0 Å². The molecule has 2 fully saturated rings. The van der Waals surface area contributed by atoms with Crippen molar-refractivity contribution in [3.63, 3.8) is 0 Å². The first-order chi connectivity index (χ1) is 8.79. The Hall–Kier alpha value is -0.0800. The van der Waals surface area contributed by atoms with Crippen molar-refractivity contribution in [3.8, 4) is 0 Å². The first kappa shape index (κ1) is 17.0. The van der Waals surface area contributed by atoms with Crippen LogP contribution in [0.3, 0.4) is 0 Å². The molecule has 1 saturated heterocycles. The molecule has 0 aromatic carbocycles. The van der Waals surface area contributed by atoms with Crippen molar-refractivity contribution >= 4 is 29.9 Å². The zero-order chi connectivity index (χ0) is 12.8. The number of morpholine rings is 1. The topological polar surface area (TPSA) is 60.1 Å². The van der Waals surface area contributed by atoms with Crippen molar-refractivity contribution in [2.75, 3.05) is 40.0 Å². The van der Waals surface area contributed by atoms with Crippen molar-refractivity contribution < 1.29 is 9.47 Å². The molecule has 0 aromatic heterocycles. The van der Waals surface area contributed by atoms with Gasteiger partial charge in [-0.25, -0.2) is 0 Å². The molecule has 6 heteroatoms. The van der Waals surface area contributed by atoms with E-state index in [4.69, 9.17) is 15.2 Å². The van der Waals surface area contributed by atoms with Crippen molar-refractivity contribution in [1.29, 1.82) is 0 Å². The average molecular weight is 383 g/mol. The normalized spacial score (nSPS) is 28.9. The molecule has 0 radical (unpaired) electrons. The molecule has 0 spiro atoms. The zero-order valence-electron chi connectivity index (χ0n) is 11.7. The molecule has 0 amide bonds. The summed E-state index contributed by atoms with van der Waals surface area (Å²) < 4.78 is 10.7. The Morgan fingerprint density at radius 1 is 1.26 bits per heavy atom. The highest BCUT2D eigenvalue weighted by Crippen LogP contribution is 2.25. The van der Waals surface area contributed by atoms with Crippen LogP contribution in [0.5, 0.6) is 0 Å². The summed E-state index contributed by atoms with van der Waals surface area (Å²) in [6, 6.07) is 0. The summed E-state index contributed by atoms with van der Waals surface area (Å²) in [4.78, 5) is 6.66. The second-order valence-electron chi connectivity index (χ2n) is 5.18. The van der Waals surface area contributed by atoms with Crippen LogP contribution in [0.15, 0.2) is 4.99 Å². The summed E-state index contributed by atoms with van der Waals surface area (Å²) in [5.74, 6) is 1.36. The van der Waals surface area contributed by atoms with Gasteiger partial charge in [0.05, 0.1) is 19.3 Å². The number of nitrogens with zero attached hydrogens (tertiary/aromatic N) is 2. The van der Waals surface area contributed by atoms with E-state index >= 15 is 0 Å². The highest BCUT2D eigenvalue weighted by molar-refractivity contribution is 14.0. The fourth-order valence-corrected chi connectivity index (χ4v) is 2.67. The third kappa shape index (κ3) is 5.43. The Balaban J connectivity index is 0.00000180. The van der Waals surface area contributed by atoms with Gasteiger partial charge in [0.15, 0.2) is 5.96 Å². The highest BCUT2D eigenvalue weighted by Gasteiger charge is 2.21. The van der Waals surface area contributed by atoms with Crippen LogP contribution in [0, 0.1) is 5.92 Å². The number of nitrogens with two attached hydrogens (primary N) is 1. The first-order valence-corrected chi connectivity index (χ1v) is 6.95. The fourth-order valence-electron chi connectivity index (χ4n) is 2.67. The quantitative estimate of drug-likeness (QED) is 0.456. The van der Waals surface area contributed by atoms with E-state index in [-0.39, 0.29) is 24.0 Å². The number of rotatable bonds is 3. The number of methoxy groups -OCH3 is 1. The standard InChI is InChI=1S/C13H25N3O2.HI/c1-17-12-4-2-11(3-5-12)10-15-13(14)16-6-8-18-9-7-16;/h11-12H,2-10H2,1H3,(H2,14,15);1H. The zero-order valence-corrected chi connectivity index (χ0v) is 14.0. The van der Waals surface area contributed by atoms with Crippen LogP contribution in [0.1, 0.15) is 25.7 Å². The monoisotopic (exact) mass is 383 g/mol. The molecule has 2 rings (SSSR count). The van der Waals surface area contributed by atoms with Crippen LogP contribution in [0.2, 0.25) is 0 Å². The summed E-state index contributed by atoms with van der Waals surface area (Å²) in [5.41, 5.74) is 6.01. The number of aliphatic imine (C=N–C) groups is 1. The summed E-state index contributed by atoms with van der Waals surface area (Å²) in [6.45, 7) is 4.11. The van der Waals surface area contributed by atoms with E-state index in [0.717, 1.165) is 45.7 Å². The van der Waals surface area contributed by atoms with Gasteiger partial charge in [0.2, 0.25) is 0 Å². The lowest BCUT2D eigenvalue weighted by Crippen LogP contribution is -2.45. The van der Waals surface area contributed by atoms with Gasteiger partial charge in [-0.3, -0.25) is 4.99 Å². The largest absolute Gasteiger partial charge is 0.381 e. The maximum absolute atomic E-state index is 6.01. The lowest BCUT2D eigenvalue weighted by atomic mass is 9.87. The molecule has 1 saturated carbocycles. The van der Waals surface area contributed by atoms with Crippen LogP contribution in [-0.4, -0.2) is 56.9 Å². The Morgan fingerprint density at radius 2 is 1.89 bits per heavy atom. The predicted octanol–water partition coefficient (Wildman–Crippen LogP) is 1.46. The van der Waals surface area contributed by atoms with Crippen molar-refractivity contribution in [2.24, 2.45) is 16.6 Å². The number of ether oxygens (including phenoxy) is 2. The highest BCUT2D eigenvalue weighted by atomic mass is 127. The van der Waals surface area contributed by atoms with Gasteiger partial charge >= 0.3 is 0 Å². The summed E-state index contributed by atoms with van der Waals surface area (Å²) in [6.07, 6.45) is 5.20. The molecule has 19 heavy (non-hydrogen) atoms. The molecule has 1 aliphatic heterocycles. The van der Waals surface area contributed by atoms with Crippen LogP contribution in [0.25, 0.3) is 0 Å². The molecule has 0 unspecified atom stereocenters. The van der Waals surface area contributed by atoms with E-state index in [9.17, 15) is 0 Å². The van der Waals surface area contributed by atoms with Gasteiger partial charge in [-0.2, -0.15) is 0 Å². The van der Waals surface area contributed by atoms with Crippen LogP contribution in [-0.2, 0) is 9.47 Å². The van der Waals surface area contributed by atoms with E-state index < -0.39 is 0 Å². The smallest absolute Gasteiger partial charge is 0.191 e. The van der Waals surface area contributed by atoms with Gasteiger partial charge < -0.3 is 20.1 Å².